The number of hydrogen-bond acceptors (Lipinski definition) is 2. The molecule has 72 valence electrons. The Morgan fingerprint density at radius 3 is 2.77 bits per heavy atom. The summed E-state index contributed by atoms with van der Waals surface area (Å²) < 4.78 is 5.17. The molecule has 2 rings (SSSR count). The van der Waals surface area contributed by atoms with Crippen molar-refractivity contribution >= 4 is 6.09 Å². The number of fused-ring (bicyclic) bond motifs is 1. The summed E-state index contributed by atoms with van der Waals surface area (Å²) in [5.74, 6) is 0. The molecular weight excluding hydrogens is 166 g/mol. The van der Waals surface area contributed by atoms with Crippen molar-refractivity contribution < 1.29 is 9.53 Å². The van der Waals surface area contributed by atoms with Gasteiger partial charge in [-0.15, -0.1) is 0 Å². The fraction of sp³-hybridized carbons (Fsp3) is 0.700. The van der Waals surface area contributed by atoms with Crippen LogP contribution < -0.4 is 0 Å². The van der Waals surface area contributed by atoms with Crippen LogP contribution in [0.25, 0.3) is 0 Å². The molecule has 1 amide bonds. The van der Waals surface area contributed by atoms with Crippen molar-refractivity contribution in [1.29, 1.82) is 0 Å². The van der Waals surface area contributed by atoms with E-state index < -0.39 is 0 Å². The van der Waals surface area contributed by atoms with Crippen LogP contribution in [0.5, 0.6) is 0 Å². The lowest BCUT2D eigenvalue weighted by molar-refractivity contribution is 0.138. The van der Waals surface area contributed by atoms with Crippen LogP contribution >= 0.6 is 0 Å². The quantitative estimate of drug-likeness (QED) is 0.534. The van der Waals surface area contributed by atoms with E-state index in [4.69, 9.17) is 4.74 Å². The number of hydrogen-bond donors (Lipinski definition) is 0. The van der Waals surface area contributed by atoms with Gasteiger partial charge in [-0.3, -0.25) is 4.90 Å². The predicted molar refractivity (Wildman–Crippen MR) is 49.4 cm³/mol. The van der Waals surface area contributed by atoms with Crippen LogP contribution in [0.1, 0.15) is 27.2 Å². The average molecular weight is 181 g/mol. The maximum Gasteiger partial charge on any atom is 0.410 e. The van der Waals surface area contributed by atoms with E-state index in [9.17, 15) is 4.79 Å². The summed E-state index contributed by atoms with van der Waals surface area (Å²) in [5.41, 5.74) is 2.72. The van der Waals surface area contributed by atoms with Gasteiger partial charge in [0.25, 0.3) is 0 Å². The Hall–Kier alpha value is -0.990. The molecule has 0 aromatic carbocycles. The minimum atomic E-state index is -0.149. The zero-order chi connectivity index (χ0) is 9.59. The second kappa shape index (κ2) is 2.76. The number of amides is 1. The van der Waals surface area contributed by atoms with E-state index in [-0.39, 0.29) is 18.2 Å². The number of carbonyl (C=O) groups excluding carboxylic acids is 1. The summed E-state index contributed by atoms with van der Waals surface area (Å²) in [7, 11) is 0. The van der Waals surface area contributed by atoms with Gasteiger partial charge < -0.3 is 4.74 Å². The summed E-state index contributed by atoms with van der Waals surface area (Å²) in [6.07, 6.45) is 0.874. The molecule has 2 atom stereocenters. The largest absolute Gasteiger partial charge is 0.444 e. The van der Waals surface area contributed by atoms with Gasteiger partial charge in [0.15, 0.2) is 0 Å². The maximum atomic E-state index is 11.4. The molecule has 0 saturated carbocycles. The topological polar surface area (TPSA) is 29.5 Å². The standard InChI is InChI=1S/C10H15NO2/c1-6-4-9-8(3)13-10(12)11(9)5-7(6)2/h8-9H,4-5H2,1-3H3. The third-order valence-electron chi connectivity index (χ3n) is 3.11. The summed E-state index contributed by atoms with van der Waals surface area (Å²) in [6, 6.07) is 0.274. The van der Waals surface area contributed by atoms with Crippen LogP contribution in [0.15, 0.2) is 11.1 Å². The van der Waals surface area contributed by atoms with Crippen LogP contribution in [0.4, 0.5) is 4.79 Å². The third kappa shape index (κ3) is 1.23. The van der Waals surface area contributed by atoms with Crippen molar-refractivity contribution in [3.63, 3.8) is 0 Å². The molecule has 13 heavy (non-hydrogen) atoms. The van der Waals surface area contributed by atoms with E-state index in [0.717, 1.165) is 13.0 Å². The lowest BCUT2D eigenvalue weighted by Crippen LogP contribution is -2.40. The van der Waals surface area contributed by atoms with Crippen molar-refractivity contribution in [2.24, 2.45) is 0 Å². The molecule has 3 heteroatoms. The first-order valence-electron chi connectivity index (χ1n) is 4.72. The molecule has 2 aliphatic rings. The van der Waals surface area contributed by atoms with Crippen LogP contribution in [0.2, 0.25) is 0 Å². The minimum Gasteiger partial charge on any atom is -0.444 e. The van der Waals surface area contributed by atoms with Gasteiger partial charge in [0, 0.05) is 6.54 Å². The van der Waals surface area contributed by atoms with Gasteiger partial charge in [-0.25, -0.2) is 4.79 Å². The fourth-order valence-corrected chi connectivity index (χ4v) is 2.03. The van der Waals surface area contributed by atoms with E-state index in [1.54, 1.807) is 0 Å². The molecule has 0 bridgehead atoms. The minimum absolute atomic E-state index is 0.0514. The molecule has 1 fully saturated rings. The first-order chi connectivity index (χ1) is 6.09. The highest BCUT2D eigenvalue weighted by molar-refractivity contribution is 5.71. The van der Waals surface area contributed by atoms with Crippen molar-refractivity contribution in [2.75, 3.05) is 6.54 Å². The molecule has 1 saturated heterocycles. The third-order valence-corrected chi connectivity index (χ3v) is 3.11. The molecule has 0 N–H and O–H groups in total. The number of nitrogens with zero attached hydrogens (tertiary/aromatic N) is 1. The lowest BCUT2D eigenvalue weighted by atomic mass is 9.94. The van der Waals surface area contributed by atoms with Crippen LogP contribution in [-0.4, -0.2) is 29.7 Å². The van der Waals surface area contributed by atoms with Crippen molar-refractivity contribution in [1.82, 2.24) is 4.90 Å². The summed E-state index contributed by atoms with van der Waals surface area (Å²) in [4.78, 5) is 13.2. The smallest absolute Gasteiger partial charge is 0.410 e. The monoisotopic (exact) mass is 181 g/mol. The van der Waals surface area contributed by atoms with Crippen LogP contribution in [0, 0.1) is 0 Å². The molecule has 2 aliphatic heterocycles. The van der Waals surface area contributed by atoms with Gasteiger partial charge in [0.2, 0.25) is 0 Å². The SMILES string of the molecule is CC1=C(C)CN2C(=O)OC(C)C2C1. The van der Waals surface area contributed by atoms with E-state index in [0.29, 0.717) is 0 Å². The summed E-state index contributed by atoms with van der Waals surface area (Å²) >= 11 is 0. The highest BCUT2D eigenvalue weighted by Crippen LogP contribution is 2.30. The van der Waals surface area contributed by atoms with Gasteiger partial charge in [-0.2, -0.15) is 0 Å². The average Bonchev–Trinajstić information content (AvgIpc) is 2.31. The highest BCUT2D eigenvalue weighted by atomic mass is 16.6. The second-order valence-electron chi connectivity index (χ2n) is 4.05. The maximum absolute atomic E-state index is 11.4. The van der Waals surface area contributed by atoms with Gasteiger partial charge in [-0.1, -0.05) is 11.1 Å². The first-order valence-corrected chi connectivity index (χ1v) is 4.72. The van der Waals surface area contributed by atoms with Crippen molar-refractivity contribution in [3.8, 4) is 0 Å². The fourth-order valence-electron chi connectivity index (χ4n) is 2.03. The van der Waals surface area contributed by atoms with E-state index in [1.807, 2.05) is 11.8 Å². The molecule has 3 nitrogen and oxygen atoms in total. The molecule has 0 aromatic rings. The van der Waals surface area contributed by atoms with E-state index >= 15 is 0 Å². The zero-order valence-electron chi connectivity index (χ0n) is 8.33. The Balaban J connectivity index is 2.26. The zero-order valence-corrected chi connectivity index (χ0v) is 8.33. The highest BCUT2D eigenvalue weighted by Gasteiger charge is 2.41. The van der Waals surface area contributed by atoms with Crippen molar-refractivity contribution in [2.45, 2.75) is 39.3 Å². The number of cyclic esters (lactones) is 1. The normalized spacial score (nSPS) is 33.5. The van der Waals surface area contributed by atoms with Gasteiger partial charge in [-0.05, 0) is 27.2 Å². The van der Waals surface area contributed by atoms with E-state index in [2.05, 4.69) is 13.8 Å². The summed E-state index contributed by atoms with van der Waals surface area (Å²) in [6.45, 7) is 6.94. The van der Waals surface area contributed by atoms with Crippen LogP contribution in [0.3, 0.4) is 0 Å². The molecule has 0 radical (unpaired) electrons. The first kappa shape index (κ1) is 8.60. The lowest BCUT2D eigenvalue weighted by Gasteiger charge is -2.29. The van der Waals surface area contributed by atoms with E-state index in [1.165, 1.54) is 11.1 Å². The molecule has 2 heterocycles. The Kier molecular flexibility index (Phi) is 1.82. The Morgan fingerprint density at radius 2 is 2.08 bits per heavy atom. The summed E-state index contributed by atoms with van der Waals surface area (Å²) in [5, 5.41) is 0. The Bertz CT molecular complexity index is 283. The number of rotatable bonds is 0. The molecular formula is C10H15NO2. The predicted octanol–water partition coefficient (Wildman–Crippen LogP) is 1.94. The molecule has 0 aromatic heterocycles. The number of carbonyl (C=O) groups is 1. The molecule has 0 aliphatic carbocycles. The Morgan fingerprint density at radius 1 is 1.38 bits per heavy atom. The molecule has 0 spiro atoms. The number of ether oxygens (including phenoxy) is 1. The van der Waals surface area contributed by atoms with Gasteiger partial charge >= 0.3 is 6.09 Å². The van der Waals surface area contributed by atoms with Gasteiger partial charge in [0.05, 0.1) is 6.04 Å². The Labute approximate surface area is 78.4 Å². The van der Waals surface area contributed by atoms with Crippen molar-refractivity contribution in [3.05, 3.63) is 11.1 Å². The molecule has 2 unspecified atom stereocenters. The second-order valence-corrected chi connectivity index (χ2v) is 4.05. The van der Waals surface area contributed by atoms with Gasteiger partial charge in [0.1, 0.15) is 6.10 Å². The van der Waals surface area contributed by atoms with Crippen LogP contribution in [-0.2, 0) is 4.74 Å².